The number of rotatable bonds is 8. The van der Waals surface area contributed by atoms with Gasteiger partial charge in [0.05, 0.1) is 11.4 Å². The van der Waals surface area contributed by atoms with Crippen LogP contribution < -0.4 is 10.6 Å². The van der Waals surface area contributed by atoms with E-state index in [1.165, 1.54) is 4.90 Å². The van der Waals surface area contributed by atoms with Crippen LogP contribution in [0.3, 0.4) is 0 Å². The van der Waals surface area contributed by atoms with Crippen molar-refractivity contribution in [1.29, 1.82) is 0 Å². The lowest BCUT2D eigenvalue weighted by Crippen LogP contribution is -2.41. The third kappa shape index (κ3) is 7.09. The standard InChI is InChI=1S/C27H34ClN5O2/c1-6-7-16-32(26(35)29-21-14-12-20(28)13-15-21)18-25(34)30-24-17-23(27(3,4)5)31-33(24)22-11-9-8-10-19(22)2/h8-15,17H,6-7,16,18H2,1-5H3,(H,29,35)(H,30,34). The van der Waals surface area contributed by atoms with Crippen molar-refractivity contribution < 1.29 is 9.59 Å². The van der Waals surface area contributed by atoms with Crippen molar-refractivity contribution in [3.63, 3.8) is 0 Å². The normalized spacial score (nSPS) is 11.3. The number of anilines is 2. The number of aryl methyl sites for hydroxylation is 1. The lowest BCUT2D eigenvalue weighted by molar-refractivity contribution is -0.116. The van der Waals surface area contributed by atoms with E-state index in [2.05, 4.69) is 31.4 Å². The minimum Gasteiger partial charge on any atom is -0.315 e. The van der Waals surface area contributed by atoms with Gasteiger partial charge < -0.3 is 15.5 Å². The maximum atomic E-state index is 13.1. The predicted molar refractivity (Wildman–Crippen MR) is 143 cm³/mol. The molecule has 3 rings (SSSR count). The molecular weight excluding hydrogens is 462 g/mol. The molecule has 8 heteroatoms. The van der Waals surface area contributed by atoms with E-state index in [-0.39, 0.29) is 23.9 Å². The third-order valence-corrected chi connectivity index (χ3v) is 5.84. The van der Waals surface area contributed by atoms with Crippen molar-refractivity contribution >= 4 is 35.0 Å². The highest BCUT2D eigenvalue weighted by molar-refractivity contribution is 6.30. The van der Waals surface area contributed by atoms with Gasteiger partial charge >= 0.3 is 6.03 Å². The molecule has 0 bridgehead atoms. The second-order valence-electron chi connectivity index (χ2n) is 9.62. The quantitative estimate of drug-likeness (QED) is 0.379. The maximum absolute atomic E-state index is 13.1. The monoisotopic (exact) mass is 495 g/mol. The summed E-state index contributed by atoms with van der Waals surface area (Å²) in [6.07, 6.45) is 1.69. The Hall–Kier alpha value is -3.32. The molecule has 0 radical (unpaired) electrons. The van der Waals surface area contributed by atoms with E-state index >= 15 is 0 Å². The Bertz CT molecular complexity index is 1170. The van der Waals surface area contributed by atoms with Gasteiger partial charge in [-0.1, -0.05) is 63.9 Å². The number of amides is 3. The Morgan fingerprint density at radius 1 is 1.06 bits per heavy atom. The number of nitrogens with one attached hydrogen (secondary N) is 2. The minimum atomic E-state index is -0.335. The first-order valence-corrected chi connectivity index (χ1v) is 12.2. The van der Waals surface area contributed by atoms with E-state index in [4.69, 9.17) is 16.7 Å². The Morgan fingerprint density at radius 2 is 1.74 bits per heavy atom. The number of aromatic nitrogens is 2. The van der Waals surface area contributed by atoms with Crippen molar-refractivity contribution in [2.45, 2.75) is 52.9 Å². The third-order valence-electron chi connectivity index (χ3n) is 5.59. The molecule has 0 aliphatic heterocycles. The van der Waals surface area contributed by atoms with Crippen LogP contribution in [0.4, 0.5) is 16.3 Å². The molecule has 0 saturated heterocycles. The first kappa shape index (κ1) is 26.3. The van der Waals surface area contributed by atoms with Gasteiger partial charge in [-0.05, 0) is 49.2 Å². The zero-order valence-corrected chi connectivity index (χ0v) is 21.8. The number of carbonyl (C=O) groups excluding carboxylic acids is 2. The van der Waals surface area contributed by atoms with Crippen molar-refractivity contribution in [1.82, 2.24) is 14.7 Å². The Morgan fingerprint density at radius 3 is 2.37 bits per heavy atom. The number of hydrogen-bond acceptors (Lipinski definition) is 3. The SMILES string of the molecule is CCCCN(CC(=O)Nc1cc(C(C)(C)C)nn1-c1ccccc1C)C(=O)Nc1ccc(Cl)cc1. The van der Waals surface area contributed by atoms with Crippen molar-refractivity contribution in [2.75, 3.05) is 23.7 Å². The summed E-state index contributed by atoms with van der Waals surface area (Å²) < 4.78 is 1.76. The van der Waals surface area contributed by atoms with Crippen LogP contribution in [0.2, 0.25) is 5.02 Å². The van der Waals surface area contributed by atoms with Crippen molar-refractivity contribution in [3.8, 4) is 5.69 Å². The molecule has 0 unspecified atom stereocenters. The number of unbranched alkanes of at least 4 members (excludes halogenated alkanes) is 1. The molecule has 0 aliphatic carbocycles. The molecule has 35 heavy (non-hydrogen) atoms. The summed E-state index contributed by atoms with van der Waals surface area (Å²) in [5.41, 5.74) is 3.21. The van der Waals surface area contributed by atoms with Gasteiger partial charge in [0.2, 0.25) is 5.91 Å². The molecule has 0 saturated carbocycles. The summed E-state index contributed by atoms with van der Waals surface area (Å²) in [5.74, 6) is 0.283. The Labute approximate surface area is 212 Å². The summed E-state index contributed by atoms with van der Waals surface area (Å²) in [4.78, 5) is 27.6. The van der Waals surface area contributed by atoms with Gasteiger partial charge in [0.15, 0.2) is 0 Å². The molecule has 7 nitrogen and oxygen atoms in total. The second kappa shape index (κ2) is 11.4. The summed E-state index contributed by atoms with van der Waals surface area (Å²) >= 11 is 5.94. The number of para-hydroxylation sites is 1. The Kier molecular flexibility index (Phi) is 8.57. The maximum Gasteiger partial charge on any atom is 0.322 e. The molecule has 186 valence electrons. The van der Waals surface area contributed by atoms with Crippen molar-refractivity contribution in [3.05, 3.63) is 70.9 Å². The summed E-state index contributed by atoms with van der Waals surface area (Å²) in [6.45, 7) is 10.7. The van der Waals surface area contributed by atoms with Crippen LogP contribution in [0.25, 0.3) is 5.69 Å². The van der Waals surface area contributed by atoms with Gasteiger partial charge in [0.1, 0.15) is 12.4 Å². The van der Waals surface area contributed by atoms with E-state index in [0.29, 0.717) is 23.1 Å². The number of urea groups is 1. The number of hydrogen-bond donors (Lipinski definition) is 2. The number of carbonyl (C=O) groups is 2. The highest BCUT2D eigenvalue weighted by atomic mass is 35.5. The first-order valence-electron chi connectivity index (χ1n) is 11.9. The van der Waals surface area contributed by atoms with E-state index < -0.39 is 0 Å². The second-order valence-corrected chi connectivity index (χ2v) is 10.1. The molecule has 0 aliphatic rings. The number of nitrogens with zero attached hydrogens (tertiary/aromatic N) is 3. The van der Waals surface area contributed by atoms with E-state index in [0.717, 1.165) is 29.8 Å². The fourth-order valence-corrected chi connectivity index (χ4v) is 3.64. The fraction of sp³-hybridized carbons (Fsp3) is 0.370. The summed E-state index contributed by atoms with van der Waals surface area (Å²) in [5, 5.41) is 11.2. The van der Waals surface area contributed by atoms with Crippen molar-refractivity contribution in [2.24, 2.45) is 0 Å². The average molecular weight is 496 g/mol. The molecule has 1 heterocycles. The molecule has 0 spiro atoms. The molecule has 0 atom stereocenters. The molecule has 3 aromatic rings. The Balaban J connectivity index is 1.81. The van der Waals surface area contributed by atoms with Gasteiger partial charge in [-0.25, -0.2) is 9.48 Å². The van der Waals surface area contributed by atoms with Gasteiger partial charge in [-0.2, -0.15) is 5.10 Å². The van der Waals surface area contributed by atoms with Gasteiger partial charge in [-0.3, -0.25) is 4.79 Å². The molecule has 0 fully saturated rings. The van der Waals surface area contributed by atoms with Crippen LogP contribution in [-0.4, -0.2) is 39.7 Å². The average Bonchev–Trinajstić information content (AvgIpc) is 3.22. The zero-order chi connectivity index (χ0) is 25.6. The molecule has 2 aromatic carbocycles. The highest BCUT2D eigenvalue weighted by Crippen LogP contribution is 2.27. The van der Waals surface area contributed by atoms with E-state index in [9.17, 15) is 9.59 Å². The largest absolute Gasteiger partial charge is 0.322 e. The van der Waals surface area contributed by atoms with Crippen LogP contribution >= 0.6 is 11.6 Å². The van der Waals surface area contributed by atoms with Gasteiger partial charge in [-0.15, -0.1) is 0 Å². The smallest absolute Gasteiger partial charge is 0.315 e. The fourth-order valence-electron chi connectivity index (χ4n) is 3.51. The highest BCUT2D eigenvalue weighted by Gasteiger charge is 2.23. The van der Waals surface area contributed by atoms with Gasteiger partial charge in [0, 0.05) is 28.7 Å². The zero-order valence-electron chi connectivity index (χ0n) is 21.1. The van der Waals surface area contributed by atoms with E-state index in [1.807, 2.05) is 44.2 Å². The van der Waals surface area contributed by atoms with Crippen LogP contribution in [0.5, 0.6) is 0 Å². The summed E-state index contributed by atoms with van der Waals surface area (Å²) in [6, 6.07) is 16.3. The minimum absolute atomic E-state index is 0.0801. The lowest BCUT2D eigenvalue weighted by atomic mass is 9.92. The molecule has 2 N–H and O–H groups in total. The van der Waals surface area contributed by atoms with Gasteiger partial charge in [0.25, 0.3) is 0 Å². The van der Waals surface area contributed by atoms with E-state index in [1.54, 1.807) is 28.9 Å². The lowest BCUT2D eigenvalue weighted by Gasteiger charge is -2.22. The summed E-state index contributed by atoms with van der Waals surface area (Å²) in [7, 11) is 0. The molecule has 3 amide bonds. The molecule has 1 aromatic heterocycles. The molecular formula is C27H34ClN5O2. The van der Waals surface area contributed by atoms with Crippen LogP contribution in [-0.2, 0) is 10.2 Å². The van der Waals surface area contributed by atoms with Crippen LogP contribution in [0.15, 0.2) is 54.6 Å². The number of benzene rings is 2. The topological polar surface area (TPSA) is 79.3 Å². The van der Waals surface area contributed by atoms with Crippen LogP contribution in [0, 0.1) is 6.92 Å². The predicted octanol–water partition coefficient (Wildman–Crippen LogP) is 6.40. The first-order chi connectivity index (χ1) is 16.6. The van der Waals surface area contributed by atoms with Crippen LogP contribution in [0.1, 0.15) is 51.8 Å². The number of halogens is 1.